The number of thiazole rings is 1. The first-order chi connectivity index (χ1) is 13.5. The van der Waals surface area contributed by atoms with E-state index >= 15 is 0 Å². The van der Waals surface area contributed by atoms with Gasteiger partial charge in [0.2, 0.25) is 16.6 Å². The number of hydrogen-bond donors (Lipinski definition) is 0. The highest BCUT2D eigenvalue weighted by Gasteiger charge is 2.19. The monoisotopic (exact) mass is 499 g/mol. The molecule has 0 unspecified atom stereocenters. The summed E-state index contributed by atoms with van der Waals surface area (Å²) in [4.78, 5) is 16.3. The van der Waals surface area contributed by atoms with Gasteiger partial charge >= 0.3 is 5.00 Å². The van der Waals surface area contributed by atoms with Crippen LogP contribution in [0, 0.1) is 10.1 Å². The zero-order chi connectivity index (χ0) is 20.1. The molecule has 0 bridgehead atoms. The molecule has 0 saturated carbocycles. The number of nitrogens with zero attached hydrogens (tertiary/aromatic N) is 7. The number of azo groups is 1. The van der Waals surface area contributed by atoms with Gasteiger partial charge in [-0.15, -0.1) is 10.2 Å². The average Bonchev–Trinajstić information content (AvgIpc) is 3.26. The molecule has 9 nitrogen and oxygen atoms in total. The molecule has 0 atom stereocenters. The summed E-state index contributed by atoms with van der Waals surface area (Å²) < 4.78 is 4.16. The maximum absolute atomic E-state index is 10.8. The fourth-order valence-corrected chi connectivity index (χ4v) is 3.52. The standard InChI is InChI=1S/C17H19ClN7O2S.BrH/c1-3-24(11-10-23-9-8-22(2)12-23)14-6-4-13(5-7-14)20-21-17-19-15(18)16(28-17)25(26)27;/h4-9,12H,3,10-11H2,1-2H3;1H/q+1;/p-1. The number of hydrogen-bond acceptors (Lipinski definition) is 7. The average molecular weight is 501 g/mol. The molecule has 0 spiro atoms. The molecule has 0 aliphatic carbocycles. The first kappa shape index (κ1) is 22.9. The van der Waals surface area contributed by atoms with Gasteiger partial charge in [0.1, 0.15) is 18.9 Å². The molecule has 3 rings (SSSR count). The summed E-state index contributed by atoms with van der Waals surface area (Å²) in [5.74, 6) is 0. The molecule has 0 saturated heterocycles. The fourth-order valence-electron chi connectivity index (χ4n) is 2.61. The van der Waals surface area contributed by atoms with E-state index in [9.17, 15) is 10.1 Å². The summed E-state index contributed by atoms with van der Waals surface area (Å²) in [5, 5.41) is 18.6. The van der Waals surface area contributed by atoms with Crippen LogP contribution in [0.15, 0.2) is 53.2 Å². The van der Waals surface area contributed by atoms with Crippen molar-refractivity contribution in [2.24, 2.45) is 17.3 Å². The van der Waals surface area contributed by atoms with Crippen LogP contribution in [0.4, 0.5) is 21.5 Å². The molecular formula is C17H19BrClN7O2S. The second kappa shape index (κ2) is 10.4. The third-order valence-corrected chi connectivity index (χ3v) is 5.29. The molecule has 12 heteroatoms. The Kier molecular flexibility index (Phi) is 8.23. The van der Waals surface area contributed by atoms with Crippen LogP contribution in [0.3, 0.4) is 0 Å². The maximum Gasteiger partial charge on any atom is 0.364 e. The van der Waals surface area contributed by atoms with Gasteiger partial charge in [0.25, 0.3) is 0 Å². The van der Waals surface area contributed by atoms with Crippen LogP contribution in [0.5, 0.6) is 0 Å². The highest BCUT2D eigenvalue weighted by Crippen LogP contribution is 2.36. The Morgan fingerprint density at radius 1 is 1.34 bits per heavy atom. The molecule has 0 radical (unpaired) electrons. The van der Waals surface area contributed by atoms with E-state index in [1.807, 2.05) is 54.6 Å². The summed E-state index contributed by atoms with van der Waals surface area (Å²) in [6.45, 7) is 4.77. The van der Waals surface area contributed by atoms with Gasteiger partial charge in [-0.25, -0.2) is 9.13 Å². The Bertz CT molecular complexity index is 990. The summed E-state index contributed by atoms with van der Waals surface area (Å²) in [6.07, 6.45) is 6.11. The zero-order valence-electron chi connectivity index (χ0n) is 15.8. The summed E-state index contributed by atoms with van der Waals surface area (Å²) in [5.41, 5.74) is 1.72. The number of anilines is 1. The smallest absolute Gasteiger partial charge is 0.364 e. The van der Waals surface area contributed by atoms with Crippen LogP contribution in [-0.4, -0.2) is 27.6 Å². The lowest BCUT2D eigenvalue weighted by atomic mass is 10.2. The lowest BCUT2D eigenvalue weighted by molar-refractivity contribution is -0.671. The van der Waals surface area contributed by atoms with E-state index in [4.69, 9.17) is 11.6 Å². The Hall–Kier alpha value is -2.37. The van der Waals surface area contributed by atoms with Crippen LogP contribution in [0.25, 0.3) is 0 Å². The molecule has 1 aromatic carbocycles. The van der Waals surface area contributed by atoms with E-state index in [1.165, 1.54) is 0 Å². The number of aryl methyl sites for hydroxylation is 1. The highest BCUT2D eigenvalue weighted by atomic mass is 79.9. The summed E-state index contributed by atoms with van der Waals surface area (Å²) in [6, 6.07) is 7.65. The number of aromatic nitrogens is 3. The molecular weight excluding hydrogens is 482 g/mol. The Morgan fingerprint density at radius 2 is 2.07 bits per heavy atom. The van der Waals surface area contributed by atoms with Crippen molar-refractivity contribution in [2.45, 2.75) is 13.5 Å². The van der Waals surface area contributed by atoms with Gasteiger partial charge in [-0.3, -0.25) is 10.1 Å². The van der Waals surface area contributed by atoms with Gasteiger partial charge < -0.3 is 21.9 Å². The van der Waals surface area contributed by atoms with Crippen molar-refractivity contribution < 1.29 is 26.5 Å². The van der Waals surface area contributed by atoms with E-state index in [2.05, 4.69) is 31.6 Å². The van der Waals surface area contributed by atoms with Crippen LogP contribution < -0.4 is 26.4 Å². The van der Waals surface area contributed by atoms with Gasteiger partial charge in [0.15, 0.2) is 0 Å². The number of imidazole rings is 1. The van der Waals surface area contributed by atoms with E-state index in [0.717, 1.165) is 36.7 Å². The van der Waals surface area contributed by atoms with Crippen molar-refractivity contribution in [1.29, 1.82) is 0 Å². The number of nitro groups is 1. The molecule has 0 amide bonds. The molecule has 0 fully saturated rings. The lowest BCUT2D eigenvalue weighted by Crippen LogP contribution is -3.00. The predicted molar refractivity (Wildman–Crippen MR) is 108 cm³/mol. The van der Waals surface area contributed by atoms with E-state index in [1.54, 1.807) is 0 Å². The topological polar surface area (TPSA) is 92.8 Å². The molecule has 3 aromatic rings. The highest BCUT2D eigenvalue weighted by molar-refractivity contribution is 7.19. The first-order valence-electron chi connectivity index (χ1n) is 8.54. The van der Waals surface area contributed by atoms with E-state index in [0.29, 0.717) is 5.69 Å². The van der Waals surface area contributed by atoms with E-state index < -0.39 is 4.92 Å². The minimum Gasteiger partial charge on any atom is -1.00 e. The summed E-state index contributed by atoms with van der Waals surface area (Å²) in [7, 11) is 2.00. The normalized spacial score (nSPS) is 10.9. The van der Waals surface area contributed by atoms with Crippen LogP contribution in [0.1, 0.15) is 6.92 Å². The predicted octanol–water partition coefficient (Wildman–Crippen LogP) is 1.28. The third-order valence-electron chi connectivity index (χ3n) is 4.02. The Morgan fingerprint density at radius 3 is 2.62 bits per heavy atom. The minimum atomic E-state index is -0.582. The van der Waals surface area contributed by atoms with Crippen LogP contribution >= 0.6 is 22.9 Å². The Labute approximate surface area is 187 Å². The second-order valence-electron chi connectivity index (χ2n) is 5.96. The van der Waals surface area contributed by atoms with Gasteiger partial charge in [0, 0.05) is 12.2 Å². The van der Waals surface area contributed by atoms with Crippen molar-refractivity contribution in [1.82, 2.24) is 9.55 Å². The Balaban J connectivity index is 0.00000300. The number of rotatable bonds is 8. The molecule has 2 heterocycles. The molecule has 0 aliphatic rings. The lowest BCUT2D eigenvalue weighted by Gasteiger charge is -2.22. The van der Waals surface area contributed by atoms with Crippen molar-refractivity contribution in [3.8, 4) is 0 Å². The molecule has 154 valence electrons. The molecule has 29 heavy (non-hydrogen) atoms. The summed E-state index contributed by atoms with van der Waals surface area (Å²) >= 11 is 6.51. The number of likely N-dealkylation sites (N-methyl/N-ethyl adjacent to an activating group) is 1. The van der Waals surface area contributed by atoms with Crippen LogP contribution in [-0.2, 0) is 13.6 Å². The van der Waals surface area contributed by atoms with Gasteiger partial charge in [-0.05, 0) is 42.5 Å². The van der Waals surface area contributed by atoms with Crippen molar-refractivity contribution in [3.05, 3.63) is 58.3 Å². The van der Waals surface area contributed by atoms with Crippen molar-refractivity contribution in [3.63, 3.8) is 0 Å². The van der Waals surface area contributed by atoms with Crippen molar-refractivity contribution in [2.75, 3.05) is 18.0 Å². The van der Waals surface area contributed by atoms with Crippen molar-refractivity contribution >= 4 is 44.4 Å². The zero-order valence-corrected chi connectivity index (χ0v) is 18.9. The third kappa shape index (κ3) is 6.05. The van der Waals surface area contributed by atoms with E-state index in [-0.39, 0.29) is 32.3 Å². The van der Waals surface area contributed by atoms with Gasteiger partial charge in [0.05, 0.1) is 24.2 Å². The number of halogens is 2. The largest absolute Gasteiger partial charge is 1.00 e. The molecule has 2 aromatic heterocycles. The quantitative estimate of drug-likeness (QED) is 0.202. The first-order valence-corrected chi connectivity index (χ1v) is 9.74. The fraction of sp³-hybridized carbons (Fsp3) is 0.294. The molecule has 0 aliphatic heterocycles. The van der Waals surface area contributed by atoms with Crippen LogP contribution in [0.2, 0.25) is 5.15 Å². The maximum atomic E-state index is 10.8. The molecule has 0 N–H and O–H groups in total. The minimum absolute atomic E-state index is 0. The number of benzene rings is 1. The SMILES string of the molecule is CCN(CCn1cc[n+](C)c1)c1ccc(N=Nc2nc(Cl)c([N+](=O)[O-])s2)cc1.[Br-]. The van der Waals surface area contributed by atoms with Gasteiger partial charge in [-0.1, -0.05) is 11.6 Å². The second-order valence-corrected chi connectivity index (χ2v) is 7.28. The van der Waals surface area contributed by atoms with Gasteiger partial charge in [-0.2, -0.15) is 4.98 Å².